The van der Waals surface area contributed by atoms with Gasteiger partial charge in [-0.2, -0.15) is 0 Å². The molecule has 0 saturated heterocycles. The van der Waals surface area contributed by atoms with E-state index in [4.69, 9.17) is 9.47 Å². The van der Waals surface area contributed by atoms with E-state index in [1.807, 2.05) is 67.8 Å². The molecule has 0 aliphatic heterocycles. The number of carbonyl (C=O) groups excluding carboxylic acids is 1. The number of aromatic nitrogens is 2. The summed E-state index contributed by atoms with van der Waals surface area (Å²) in [5.41, 5.74) is 4.56. The number of pyridine rings is 1. The van der Waals surface area contributed by atoms with Crippen LogP contribution in [0.4, 0.5) is 0 Å². The maximum Gasteiger partial charge on any atom is 0.340 e. The van der Waals surface area contributed by atoms with E-state index < -0.39 is 0 Å². The molecule has 0 fully saturated rings. The molecule has 0 aliphatic carbocycles. The Bertz CT molecular complexity index is 1200. The summed E-state index contributed by atoms with van der Waals surface area (Å²) >= 11 is 1.49. The number of esters is 1. The minimum absolute atomic E-state index is 0.107. The Kier molecular flexibility index (Phi) is 5.27. The fourth-order valence-corrected chi connectivity index (χ4v) is 4.20. The molecule has 29 heavy (non-hydrogen) atoms. The number of methoxy groups -OCH3 is 1. The molecular formula is C23H20N2O3S. The molecule has 146 valence electrons. The van der Waals surface area contributed by atoms with Gasteiger partial charge in [0.05, 0.1) is 35.1 Å². The average molecular weight is 404 g/mol. The Labute approximate surface area is 173 Å². The van der Waals surface area contributed by atoms with E-state index in [1.165, 1.54) is 11.3 Å². The summed E-state index contributed by atoms with van der Waals surface area (Å²) in [4.78, 5) is 21.9. The lowest BCUT2D eigenvalue weighted by molar-refractivity contribution is 0.0466. The van der Waals surface area contributed by atoms with Crippen molar-refractivity contribution in [1.29, 1.82) is 0 Å². The SMILES string of the molecule is COc1ccccc1-c1nc(COC(=O)c2c(C)nc3ccccc3c2C)cs1. The van der Waals surface area contributed by atoms with Crippen molar-refractivity contribution in [3.05, 3.63) is 76.4 Å². The lowest BCUT2D eigenvalue weighted by Crippen LogP contribution is -2.11. The second-order valence-corrected chi connectivity index (χ2v) is 7.49. The van der Waals surface area contributed by atoms with Crippen molar-refractivity contribution in [3.8, 4) is 16.3 Å². The molecule has 5 nitrogen and oxygen atoms in total. The topological polar surface area (TPSA) is 61.3 Å². The molecule has 0 spiro atoms. The molecule has 2 aromatic carbocycles. The Hall–Kier alpha value is -3.25. The highest BCUT2D eigenvalue weighted by Crippen LogP contribution is 2.32. The molecular weight excluding hydrogens is 384 g/mol. The quantitative estimate of drug-likeness (QED) is 0.420. The lowest BCUT2D eigenvalue weighted by Gasteiger charge is -2.11. The number of ether oxygens (including phenoxy) is 2. The summed E-state index contributed by atoms with van der Waals surface area (Å²) in [6, 6.07) is 15.5. The number of hydrogen-bond acceptors (Lipinski definition) is 6. The number of fused-ring (bicyclic) bond motifs is 1. The second kappa shape index (κ2) is 8.01. The molecule has 0 atom stereocenters. The van der Waals surface area contributed by atoms with Gasteiger partial charge in [0.25, 0.3) is 0 Å². The number of para-hydroxylation sites is 2. The number of nitrogens with zero attached hydrogens (tertiary/aromatic N) is 2. The summed E-state index contributed by atoms with van der Waals surface area (Å²) in [7, 11) is 1.64. The number of aryl methyl sites for hydroxylation is 2. The fourth-order valence-electron chi connectivity index (χ4n) is 3.36. The third-order valence-corrected chi connectivity index (χ3v) is 5.70. The van der Waals surface area contributed by atoms with Crippen molar-refractivity contribution >= 4 is 28.2 Å². The van der Waals surface area contributed by atoms with Crippen LogP contribution in [-0.4, -0.2) is 23.0 Å². The lowest BCUT2D eigenvalue weighted by atomic mass is 10.0. The maximum atomic E-state index is 12.8. The minimum atomic E-state index is -0.384. The van der Waals surface area contributed by atoms with E-state index in [9.17, 15) is 4.79 Å². The number of thiazole rings is 1. The average Bonchev–Trinajstić information content (AvgIpc) is 3.21. The zero-order chi connectivity index (χ0) is 20.4. The first-order valence-electron chi connectivity index (χ1n) is 9.19. The van der Waals surface area contributed by atoms with Crippen LogP contribution in [-0.2, 0) is 11.3 Å². The van der Waals surface area contributed by atoms with Gasteiger partial charge >= 0.3 is 5.97 Å². The van der Waals surface area contributed by atoms with Gasteiger partial charge in [-0.3, -0.25) is 4.98 Å². The van der Waals surface area contributed by atoms with E-state index in [2.05, 4.69) is 9.97 Å². The van der Waals surface area contributed by atoms with Crippen LogP contribution < -0.4 is 4.74 Å². The molecule has 6 heteroatoms. The number of hydrogen-bond donors (Lipinski definition) is 0. The molecule has 4 aromatic rings. The van der Waals surface area contributed by atoms with Crippen molar-refractivity contribution in [2.24, 2.45) is 0 Å². The predicted molar refractivity (Wildman–Crippen MR) is 114 cm³/mol. The van der Waals surface area contributed by atoms with E-state index >= 15 is 0 Å². The van der Waals surface area contributed by atoms with Gasteiger partial charge in [0, 0.05) is 10.8 Å². The van der Waals surface area contributed by atoms with Crippen LogP contribution in [0.1, 0.15) is 27.3 Å². The molecule has 2 heterocycles. The molecule has 0 N–H and O–H groups in total. The zero-order valence-electron chi connectivity index (χ0n) is 16.4. The molecule has 0 aliphatic rings. The van der Waals surface area contributed by atoms with Gasteiger partial charge in [-0.05, 0) is 37.6 Å². The summed E-state index contributed by atoms with van der Waals surface area (Å²) < 4.78 is 11.0. The van der Waals surface area contributed by atoms with Crippen LogP contribution in [0.3, 0.4) is 0 Å². The van der Waals surface area contributed by atoms with Gasteiger partial charge in [-0.1, -0.05) is 30.3 Å². The summed E-state index contributed by atoms with van der Waals surface area (Å²) in [6.45, 7) is 3.87. The van der Waals surface area contributed by atoms with Crippen LogP contribution in [0, 0.1) is 13.8 Å². The normalized spacial score (nSPS) is 10.9. The highest BCUT2D eigenvalue weighted by atomic mass is 32.1. The van der Waals surface area contributed by atoms with Crippen LogP contribution in [0.25, 0.3) is 21.5 Å². The molecule has 2 aromatic heterocycles. The van der Waals surface area contributed by atoms with Gasteiger partial charge in [-0.15, -0.1) is 11.3 Å². The van der Waals surface area contributed by atoms with Gasteiger partial charge in [0.1, 0.15) is 17.4 Å². The first-order valence-corrected chi connectivity index (χ1v) is 10.1. The number of rotatable bonds is 5. The molecule has 0 bridgehead atoms. The predicted octanol–water partition coefficient (Wildman–Crippen LogP) is 5.34. The number of carbonyl (C=O) groups is 1. The van der Waals surface area contributed by atoms with Crippen molar-refractivity contribution in [2.45, 2.75) is 20.5 Å². The van der Waals surface area contributed by atoms with Crippen LogP contribution >= 0.6 is 11.3 Å². The maximum absolute atomic E-state index is 12.8. The van der Waals surface area contributed by atoms with Crippen LogP contribution in [0.5, 0.6) is 5.75 Å². The van der Waals surface area contributed by atoms with E-state index in [1.54, 1.807) is 7.11 Å². The first-order chi connectivity index (χ1) is 14.1. The Balaban J connectivity index is 1.54. The largest absolute Gasteiger partial charge is 0.496 e. The highest BCUT2D eigenvalue weighted by molar-refractivity contribution is 7.13. The van der Waals surface area contributed by atoms with Crippen LogP contribution in [0.15, 0.2) is 53.9 Å². The zero-order valence-corrected chi connectivity index (χ0v) is 17.2. The number of benzene rings is 2. The van der Waals surface area contributed by atoms with Gasteiger partial charge in [0.15, 0.2) is 0 Å². The van der Waals surface area contributed by atoms with E-state index in [-0.39, 0.29) is 12.6 Å². The third kappa shape index (κ3) is 3.71. The molecule has 0 radical (unpaired) electrons. The van der Waals surface area contributed by atoms with E-state index in [0.717, 1.165) is 32.8 Å². The smallest absolute Gasteiger partial charge is 0.340 e. The summed E-state index contributed by atoms with van der Waals surface area (Å²) in [5, 5.41) is 3.68. The molecule has 0 saturated carbocycles. The van der Waals surface area contributed by atoms with Crippen molar-refractivity contribution in [2.75, 3.05) is 7.11 Å². The minimum Gasteiger partial charge on any atom is -0.496 e. The van der Waals surface area contributed by atoms with Crippen molar-refractivity contribution in [3.63, 3.8) is 0 Å². The van der Waals surface area contributed by atoms with Gasteiger partial charge in [0.2, 0.25) is 0 Å². The van der Waals surface area contributed by atoms with Gasteiger partial charge in [-0.25, -0.2) is 9.78 Å². The molecule has 4 rings (SSSR count). The second-order valence-electron chi connectivity index (χ2n) is 6.63. The first kappa shape index (κ1) is 19.1. The summed E-state index contributed by atoms with van der Waals surface area (Å²) in [6.07, 6.45) is 0. The van der Waals surface area contributed by atoms with Gasteiger partial charge < -0.3 is 9.47 Å². The Morgan fingerprint density at radius 2 is 1.79 bits per heavy atom. The standard InChI is InChI=1S/C23H20N2O3S/c1-14-17-8-4-6-10-19(17)24-15(2)21(14)23(26)28-12-16-13-29-22(25-16)18-9-5-7-11-20(18)27-3/h4-11,13H,12H2,1-3H3. The molecule has 0 unspecified atom stereocenters. The van der Waals surface area contributed by atoms with Crippen LogP contribution in [0.2, 0.25) is 0 Å². The molecule has 0 amide bonds. The Morgan fingerprint density at radius 3 is 2.62 bits per heavy atom. The fraction of sp³-hybridized carbons (Fsp3) is 0.174. The highest BCUT2D eigenvalue weighted by Gasteiger charge is 2.18. The van der Waals surface area contributed by atoms with E-state index in [0.29, 0.717) is 17.0 Å². The Morgan fingerprint density at radius 1 is 1.03 bits per heavy atom. The monoisotopic (exact) mass is 404 g/mol. The van der Waals surface area contributed by atoms with Crippen molar-refractivity contribution < 1.29 is 14.3 Å². The summed E-state index contributed by atoms with van der Waals surface area (Å²) in [5.74, 6) is 0.379. The van der Waals surface area contributed by atoms with Crippen molar-refractivity contribution in [1.82, 2.24) is 9.97 Å². The third-order valence-electron chi connectivity index (χ3n) is 4.78.